The van der Waals surface area contributed by atoms with Gasteiger partial charge in [0.15, 0.2) is 10.6 Å². The average Bonchev–Trinajstić information content (AvgIpc) is 3.17. The number of amides is 1. The highest BCUT2D eigenvalue weighted by Crippen LogP contribution is 2.23. The lowest BCUT2D eigenvalue weighted by atomic mass is 10.1. The molecule has 4 aromatic rings. The minimum atomic E-state index is -0.782. The monoisotopic (exact) mass is 432 g/mol. The minimum Gasteiger partial charge on any atom is -0.303 e. The van der Waals surface area contributed by atoms with E-state index in [9.17, 15) is 19.2 Å². The number of aromatic amines is 2. The number of ketones is 1. The molecule has 0 saturated heterocycles. The summed E-state index contributed by atoms with van der Waals surface area (Å²) in [5.74, 6) is -0.803. The molecule has 8 nitrogen and oxygen atoms in total. The largest absolute Gasteiger partial charge is 0.326 e. The molecule has 0 aliphatic carbocycles. The Morgan fingerprint density at radius 1 is 0.968 bits per heavy atom. The summed E-state index contributed by atoms with van der Waals surface area (Å²) in [6, 6.07) is 17.5. The summed E-state index contributed by atoms with van der Waals surface area (Å²) in [5, 5.41) is 1.86. The molecule has 0 radical (unpaired) electrons. The molecule has 0 spiro atoms. The summed E-state index contributed by atoms with van der Waals surface area (Å²) in [6.07, 6.45) is 0. The van der Waals surface area contributed by atoms with Crippen molar-refractivity contribution >= 4 is 23.0 Å². The van der Waals surface area contributed by atoms with E-state index in [4.69, 9.17) is 0 Å². The van der Waals surface area contributed by atoms with Crippen LogP contribution < -0.4 is 16.1 Å². The number of Topliss-reactive ketones (excluding diaryl/α,β-unsaturated/α-hetero) is 1. The van der Waals surface area contributed by atoms with Crippen molar-refractivity contribution in [2.75, 3.05) is 0 Å². The topological polar surface area (TPSA) is 117 Å². The molecule has 4 rings (SSSR count). The highest BCUT2D eigenvalue weighted by molar-refractivity contribution is 7.07. The van der Waals surface area contributed by atoms with Gasteiger partial charge in [-0.3, -0.25) is 23.9 Å². The smallest absolute Gasteiger partial charge is 0.303 e. The van der Waals surface area contributed by atoms with E-state index in [1.165, 1.54) is 18.3 Å². The van der Waals surface area contributed by atoms with Gasteiger partial charge in [0.1, 0.15) is 5.69 Å². The third-order valence-electron chi connectivity index (χ3n) is 4.50. The molecule has 2 N–H and O–H groups in total. The Labute approximate surface area is 179 Å². The molecule has 31 heavy (non-hydrogen) atoms. The molecule has 0 bridgehead atoms. The molecule has 2 aromatic heterocycles. The van der Waals surface area contributed by atoms with Crippen molar-refractivity contribution in [2.45, 2.75) is 6.92 Å². The Hall–Kier alpha value is -4.11. The number of aromatic nitrogens is 3. The van der Waals surface area contributed by atoms with E-state index >= 15 is 0 Å². The van der Waals surface area contributed by atoms with Gasteiger partial charge in [-0.25, -0.2) is 4.79 Å². The standard InChI is InChI=1S/C22H16N4O4S/c1-13(27)14-7-9-16(10-8-14)26-18(15-5-3-2-4-6-15)12-31-22(26)25-20(29)17-11-19(28)24-21(30)23-17/h2-12H,1H3,(H2,23,24,28,30). The lowest BCUT2D eigenvalue weighted by Crippen LogP contribution is -2.25. The van der Waals surface area contributed by atoms with Crippen LogP contribution >= 0.6 is 11.3 Å². The van der Waals surface area contributed by atoms with Crippen LogP contribution in [0.25, 0.3) is 16.9 Å². The number of carbonyl (C=O) groups excluding carboxylic acids is 2. The minimum absolute atomic E-state index is 0.0523. The number of benzene rings is 2. The fourth-order valence-electron chi connectivity index (χ4n) is 3.03. The van der Waals surface area contributed by atoms with Gasteiger partial charge >= 0.3 is 5.69 Å². The molecule has 2 aromatic carbocycles. The summed E-state index contributed by atoms with van der Waals surface area (Å²) in [6.45, 7) is 1.49. The van der Waals surface area contributed by atoms with Crippen molar-refractivity contribution in [3.05, 3.63) is 103 Å². The molecule has 1 amide bonds. The Morgan fingerprint density at radius 2 is 1.68 bits per heavy atom. The van der Waals surface area contributed by atoms with Crippen LogP contribution in [0.5, 0.6) is 0 Å². The van der Waals surface area contributed by atoms with Crippen LogP contribution in [0, 0.1) is 0 Å². The summed E-state index contributed by atoms with van der Waals surface area (Å²) in [5.41, 5.74) is 1.30. The molecule has 0 aliphatic rings. The quantitative estimate of drug-likeness (QED) is 0.482. The number of H-pyrrole nitrogens is 2. The first-order valence-corrected chi connectivity index (χ1v) is 10.1. The van der Waals surface area contributed by atoms with Crippen LogP contribution in [-0.2, 0) is 0 Å². The zero-order chi connectivity index (χ0) is 22.0. The molecule has 0 unspecified atom stereocenters. The van der Waals surface area contributed by atoms with Crippen molar-refractivity contribution in [2.24, 2.45) is 4.99 Å². The van der Waals surface area contributed by atoms with E-state index in [1.54, 1.807) is 28.8 Å². The molecule has 0 aliphatic heterocycles. The van der Waals surface area contributed by atoms with Gasteiger partial charge in [-0.05, 0) is 36.8 Å². The number of nitrogens with zero attached hydrogens (tertiary/aromatic N) is 2. The Bertz CT molecular complexity index is 1430. The first-order chi connectivity index (χ1) is 14.9. The number of rotatable bonds is 4. The molecule has 0 saturated carbocycles. The second-order valence-corrected chi connectivity index (χ2v) is 7.46. The third kappa shape index (κ3) is 4.26. The van der Waals surface area contributed by atoms with Crippen molar-refractivity contribution in [1.82, 2.24) is 14.5 Å². The van der Waals surface area contributed by atoms with Crippen LogP contribution in [0.1, 0.15) is 27.8 Å². The highest BCUT2D eigenvalue weighted by Gasteiger charge is 2.13. The van der Waals surface area contributed by atoms with Gasteiger partial charge in [-0.2, -0.15) is 4.99 Å². The molecule has 2 heterocycles. The molecule has 0 fully saturated rings. The van der Waals surface area contributed by atoms with Crippen LogP contribution in [0.4, 0.5) is 0 Å². The van der Waals surface area contributed by atoms with Crippen molar-refractivity contribution in [3.63, 3.8) is 0 Å². The predicted octanol–water partition coefficient (Wildman–Crippen LogP) is 2.53. The number of carbonyl (C=O) groups is 2. The average molecular weight is 432 g/mol. The molecular weight excluding hydrogens is 416 g/mol. The normalized spacial score (nSPS) is 11.5. The van der Waals surface area contributed by atoms with Crippen molar-refractivity contribution in [3.8, 4) is 16.9 Å². The zero-order valence-corrected chi connectivity index (χ0v) is 17.1. The number of nitrogens with one attached hydrogen (secondary N) is 2. The first-order valence-electron chi connectivity index (χ1n) is 9.22. The number of hydrogen-bond acceptors (Lipinski definition) is 5. The van der Waals surface area contributed by atoms with Gasteiger partial charge in [0.2, 0.25) is 0 Å². The summed E-state index contributed by atoms with van der Waals surface area (Å²) < 4.78 is 1.78. The number of hydrogen-bond donors (Lipinski definition) is 2. The zero-order valence-electron chi connectivity index (χ0n) is 16.3. The third-order valence-corrected chi connectivity index (χ3v) is 5.32. The number of thiazole rings is 1. The lowest BCUT2D eigenvalue weighted by molar-refractivity contribution is 0.0990. The second kappa shape index (κ2) is 8.33. The highest BCUT2D eigenvalue weighted by atomic mass is 32.1. The molecule has 154 valence electrons. The van der Waals surface area contributed by atoms with Gasteiger partial charge < -0.3 is 4.98 Å². The second-order valence-electron chi connectivity index (χ2n) is 6.63. The van der Waals surface area contributed by atoms with E-state index < -0.39 is 17.2 Å². The summed E-state index contributed by atoms with van der Waals surface area (Å²) >= 11 is 1.24. The van der Waals surface area contributed by atoms with Gasteiger partial charge in [0, 0.05) is 22.7 Å². The van der Waals surface area contributed by atoms with E-state index in [0.29, 0.717) is 16.1 Å². The van der Waals surface area contributed by atoms with Crippen LogP contribution in [0.15, 0.2) is 80.6 Å². The van der Waals surface area contributed by atoms with Crippen molar-refractivity contribution in [1.29, 1.82) is 0 Å². The Balaban J connectivity index is 1.90. The van der Waals surface area contributed by atoms with E-state index in [0.717, 1.165) is 17.3 Å². The van der Waals surface area contributed by atoms with Gasteiger partial charge in [0.25, 0.3) is 11.5 Å². The van der Waals surface area contributed by atoms with Crippen LogP contribution in [-0.4, -0.2) is 26.2 Å². The van der Waals surface area contributed by atoms with Crippen molar-refractivity contribution < 1.29 is 9.59 Å². The maximum absolute atomic E-state index is 12.7. The Morgan fingerprint density at radius 3 is 2.32 bits per heavy atom. The summed E-state index contributed by atoms with van der Waals surface area (Å²) in [4.78, 5) is 56.1. The van der Waals surface area contributed by atoms with Gasteiger partial charge in [-0.1, -0.05) is 30.3 Å². The maximum Gasteiger partial charge on any atom is 0.326 e. The Kier molecular flexibility index (Phi) is 5.42. The fourth-order valence-corrected chi connectivity index (χ4v) is 3.93. The molecule has 0 atom stereocenters. The molecular formula is C22H16N4O4S. The fraction of sp³-hybridized carbons (Fsp3) is 0.0455. The van der Waals surface area contributed by atoms with Crippen LogP contribution in [0.2, 0.25) is 0 Å². The van der Waals surface area contributed by atoms with Gasteiger partial charge in [-0.15, -0.1) is 11.3 Å². The maximum atomic E-state index is 12.7. The SMILES string of the molecule is CC(=O)c1ccc(-n2c(-c3ccccc3)csc2=NC(=O)c2cc(=O)[nH]c(=O)[nH]2)cc1. The van der Waals surface area contributed by atoms with Gasteiger partial charge in [0.05, 0.1) is 5.69 Å². The predicted molar refractivity (Wildman–Crippen MR) is 117 cm³/mol. The lowest BCUT2D eigenvalue weighted by Gasteiger charge is -2.10. The van der Waals surface area contributed by atoms with Crippen LogP contribution in [0.3, 0.4) is 0 Å². The van der Waals surface area contributed by atoms with E-state index in [2.05, 4.69) is 9.98 Å². The molecule has 9 heteroatoms. The van der Waals surface area contributed by atoms with E-state index in [-0.39, 0.29) is 11.5 Å². The first kappa shape index (κ1) is 20.2. The summed E-state index contributed by atoms with van der Waals surface area (Å²) in [7, 11) is 0. The van der Waals surface area contributed by atoms with E-state index in [1.807, 2.05) is 40.7 Å².